The van der Waals surface area contributed by atoms with Crippen LogP contribution in [0.1, 0.15) is 62.4 Å². The zero-order chi connectivity index (χ0) is 30.7. The average molecular weight is 583 g/mol. The fraction of sp³-hybridized carbons (Fsp3) is 0.455. The maximum atomic E-state index is 13.8. The van der Waals surface area contributed by atoms with Crippen LogP contribution in [0.2, 0.25) is 0 Å². The second-order valence-corrected chi connectivity index (χ2v) is 11.9. The third-order valence-electron chi connectivity index (χ3n) is 8.97. The number of carbonyl (C=O) groups is 2. The molecule has 43 heavy (non-hydrogen) atoms. The number of aromatic amines is 1. The van der Waals surface area contributed by atoms with Crippen molar-refractivity contribution in [3.63, 3.8) is 0 Å². The highest BCUT2D eigenvalue weighted by Crippen LogP contribution is 2.36. The molecule has 0 saturated heterocycles. The van der Waals surface area contributed by atoms with E-state index >= 15 is 0 Å². The van der Waals surface area contributed by atoms with Gasteiger partial charge in [-0.05, 0) is 108 Å². The summed E-state index contributed by atoms with van der Waals surface area (Å²) in [4.78, 5) is 35.3. The number of hydrogen-bond donors (Lipinski definition) is 2. The van der Waals surface area contributed by atoms with E-state index in [4.69, 9.17) is 0 Å². The second-order valence-electron chi connectivity index (χ2n) is 11.9. The fourth-order valence-corrected chi connectivity index (χ4v) is 6.45. The molecule has 2 N–H and O–H groups in total. The van der Waals surface area contributed by atoms with Crippen LogP contribution in [0.5, 0.6) is 0 Å². The van der Waals surface area contributed by atoms with E-state index in [-0.39, 0.29) is 18.4 Å². The number of hydrogen-bond acceptors (Lipinski definition) is 7. The quantitative estimate of drug-likeness (QED) is 0.371. The lowest BCUT2D eigenvalue weighted by Gasteiger charge is -2.40. The summed E-state index contributed by atoms with van der Waals surface area (Å²) in [6, 6.07) is 13.2. The first-order chi connectivity index (χ1) is 20.7. The summed E-state index contributed by atoms with van der Waals surface area (Å²) >= 11 is 0. The molecule has 2 amide bonds. The number of amides is 2. The zero-order valence-electron chi connectivity index (χ0n) is 26.0. The van der Waals surface area contributed by atoms with Crippen molar-refractivity contribution >= 4 is 23.2 Å². The van der Waals surface area contributed by atoms with E-state index in [1.807, 2.05) is 57.2 Å². The molecule has 1 saturated carbocycles. The molecular weight excluding hydrogens is 540 g/mol. The van der Waals surface area contributed by atoms with Crippen LogP contribution >= 0.6 is 0 Å². The number of nitrogens with one attached hydrogen (secondary N) is 2. The molecule has 10 heteroatoms. The standard InChI is InChI=1S/C33H42N8O2/c1-7-41(27-14-12-26(13-15-27)40(5)6)30-18-25(23-8-10-24(11-9-23)31-36-38-39-37-31)17-28(22(30)4)32(42)34-19-29-20(2)16-21(3)35-33(29)43/h8-11,16-18,26-27,29H,7,12-15,19H2,1-6H3,(H,34,42)(H,36,37,38,39). The number of tetrazole rings is 1. The van der Waals surface area contributed by atoms with E-state index < -0.39 is 5.92 Å². The molecule has 1 fully saturated rings. The van der Waals surface area contributed by atoms with Crippen molar-refractivity contribution in [1.29, 1.82) is 0 Å². The van der Waals surface area contributed by atoms with Crippen LogP contribution in [-0.2, 0) is 4.79 Å². The molecular formula is C33H42N8O2. The van der Waals surface area contributed by atoms with Crippen molar-refractivity contribution in [2.24, 2.45) is 10.9 Å². The van der Waals surface area contributed by atoms with Gasteiger partial charge in [0.15, 0.2) is 0 Å². The Kier molecular flexibility index (Phi) is 9.15. The first-order valence-electron chi connectivity index (χ1n) is 15.1. The van der Waals surface area contributed by atoms with Gasteiger partial charge in [-0.15, -0.1) is 10.2 Å². The number of H-pyrrole nitrogens is 1. The summed E-state index contributed by atoms with van der Waals surface area (Å²) in [6.07, 6.45) is 6.43. The van der Waals surface area contributed by atoms with Crippen LogP contribution in [0.3, 0.4) is 0 Å². The highest BCUT2D eigenvalue weighted by Gasteiger charge is 2.29. The Balaban J connectivity index is 1.48. The number of dihydropyridines is 1. The first-order valence-corrected chi connectivity index (χ1v) is 15.1. The van der Waals surface area contributed by atoms with Gasteiger partial charge in [0.1, 0.15) is 0 Å². The maximum absolute atomic E-state index is 13.8. The van der Waals surface area contributed by atoms with Gasteiger partial charge in [0, 0.05) is 47.7 Å². The highest BCUT2D eigenvalue weighted by atomic mass is 16.2. The molecule has 0 spiro atoms. The monoisotopic (exact) mass is 582 g/mol. The summed E-state index contributed by atoms with van der Waals surface area (Å²) in [5, 5.41) is 17.4. The van der Waals surface area contributed by atoms with Gasteiger partial charge in [0.2, 0.25) is 5.82 Å². The van der Waals surface area contributed by atoms with Crippen LogP contribution in [0.4, 0.5) is 5.69 Å². The van der Waals surface area contributed by atoms with Gasteiger partial charge in [-0.3, -0.25) is 9.59 Å². The van der Waals surface area contributed by atoms with Gasteiger partial charge < -0.3 is 15.1 Å². The number of allylic oxidation sites excluding steroid dienone is 1. The van der Waals surface area contributed by atoms with Crippen LogP contribution < -0.4 is 10.2 Å². The van der Waals surface area contributed by atoms with E-state index in [1.165, 1.54) is 0 Å². The normalized spacial score (nSPS) is 20.5. The lowest BCUT2D eigenvalue weighted by molar-refractivity contribution is -0.120. The molecule has 2 aromatic carbocycles. The summed E-state index contributed by atoms with van der Waals surface area (Å²) in [5.74, 6) is -0.324. The van der Waals surface area contributed by atoms with Gasteiger partial charge in [0.25, 0.3) is 11.8 Å². The Hall–Kier alpha value is -4.18. The maximum Gasteiger partial charge on any atom is 0.254 e. The van der Waals surface area contributed by atoms with Crippen LogP contribution in [-0.4, -0.2) is 82.3 Å². The molecule has 2 aliphatic rings. The van der Waals surface area contributed by atoms with Gasteiger partial charge in [0.05, 0.1) is 5.92 Å². The van der Waals surface area contributed by atoms with Gasteiger partial charge in [-0.2, -0.15) is 5.21 Å². The number of anilines is 1. The van der Waals surface area contributed by atoms with Crippen molar-refractivity contribution in [3.8, 4) is 22.5 Å². The van der Waals surface area contributed by atoms with Gasteiger partial charge >= 0.3 is 0 Å². The molecule has 2 heterocycles. The Labute approximate surface area is 253 Å². The molecule has 3 aromatic rings. The molecule has 0 radical (unpaired) electrons. The number of carbonyl (C=O) groups excluding carboxylic acids is 2. The Morgan fingerprint density at radius 2 is 1.65 bits per heavy atom. The van der Waals surface area contributed by atoms with E-state index in [2.05, 4.69) is 67.8 Å². The number of rotatable bonds is 9. The van der Waals surface area contributed by atoms with Crippen molar-refractivity contribution in [3.05, 3.63) is 59.2 Å². The highest BCUT2D eigenvalue weighted by molar-refractivity contribution is 6.06. The minimum absolute atomic E-state index is 0.191. The number of aromatic nitrogens is 4. The largest absolute Gasteiger partial charge is 0.369 e. The molecule has 5 rings (SSSR count). The van der Waals surface area contributed by atoms with Crippen LogP contribution in [0.15, 0.2) is 53.0 Å². The summed E-state index contributed by atoms with van der Waals surface area (Å²) in [7, 11) is 4.33. The summed E-state index contributed by atoms with van der Waals surface area (Å²) < 4.78 is 0. The van der Waals surface area contributed by atoms with E-state index in [1.54, 1.807) is 0 Å². The zero-order valence-corrected chi connectivity index (χ0v) is 26.0. The van der Waals surface area contributed by atoms with Gasteiger partial charge in [-0.1, -0.05) is 29.8 Å². The molecule has 1 aliphatic heterocycles. The Bertz CT molecular complexity index is 1520. The molecule has 1 atom stereocenters. The molecule has 0 bridgehead atoms. The Morgan fingerprint density at radius 1 is 0.977 bits per heavy atom. The van der Waals surface area contributed by atoms with E-state index in [0.717, 1.165) is 65.7 Å². The predicted octanol–water partition coefficient (Wildman–Crippen LogP) is 4.83. The third-order valence-corrected chi connectivity index (χ3v) is 8.97. The number of aliphatic imine (C=N–C) groups is 1. The van der Waals surface area contributed by atoms with Crippen LogP contribution in [0.25, 0.3) is 22.5 Å². The average Bonchev–Trinajstić information content (AvgIpc) is 3.53. The lowest BCUT2D eigenvalue weighted by atomic mass is 9.88. The first kappa shape index (κ1) is 30.3. The van der Waals surface area contributed by atoms with E-state index in [9.17, 15) is 9.59 Å². The summed E-state index contributed by atoms with van der Waals surface area (Å²) in [6.45, 7) is 9.01. The SMILES string of the molecule is CCN(c1cc(-c2ccc(-c3nn[nH]n3)cc2)cc(C(=O)NCC2C(=O)N=C(C)C=C2C)c1C)C1CCC(N(C)C)CC1. The molecule has 1 unspecified atom stereocenters. The minimum Gasteiger partial charge on any atom is -0.369 e. The Morgan fingerprint density at radius 3 is 2.26 bits per heavy atom. The molecule has 1 aromatic heterocycles. The fourth-order valence-electron chi connectivity index (χ4n) is 6.45. The number of nitrogens with zero attached hydrogens (tertiary/aromatic N) is 6. The third kappa shape index (κ3) is 6.59. The van der Waals surface area contributed by atoms with Crippen molar-refractivity contribution < 1.29 is 9.59 Å². The van der Waals surface area contributed by atoms with E-state index in [0.29, 0.717) is 29.2 Å². The van der Waals surface area contributed by atoms with Crippen molar-refractivity contribution in [2.45, 2.75) is 65.5 Å². The van der Waals surface area contributed by atoms with Gasteiger partial charge in [-0.25, -0.2) is 4.99 Å². The second kappa shape index (κ2) is 13.0. The lowest BCUT2D eigenvalue weighted by Crippen LogP contribution is -2.42. The van der Waals surface area contributed by atoms with Crippen LogP contribution in [0, 0.1) is 12.8 Å². The predicted molar refractivity (Wildman–Crippen MR) is 170 cm³/mol. The summed E-state index contributed by atoms with van der Waals surface area (Å²) in [5.41, 5.74) is 7.04. The molecule has 226 valence electrons. The molecule has 10 nitrogen and oxygen atoms in total. The molecule has 1 aliphatic carbocycles. The topological polar surface area (TPSA) is 119 Å². The smallest absolute Gasteiger partial charge is 0.254 e. The van der Waals surface area contributed by atoms with Crippen molar-refractivity contribution in [2.75, 3.05) is 32.1 Å². The number of benzene rings is 2. The minimum atomic E-state index is -0.452. The van der Waals surface area contributed by atoms with Crippen molar-refractivity contribution in [1.82, 2.24) is 30.8 Å².